The maximum atomic E-state index is 16.0. The number of thioether (sulfide) groups is 2. The van der Waals surface area contributed by atoms with Crippen LogP contribution in [-0.2, 0) is 12.8 Å². The fourth-order valence-electron chi connectivity index (χ4n) is 4.90. The third kappa shape index (κ3) is 14.0. The van der Waals surface area contributed by atoms with Crippen LogP contribution in [0.4, 0.5) is 35.1 Å². The molecule has 0 aliphatic heterocycles. The lowest BCUT2D eigenvalue weighted by atomic mass is 9.89. The molecule has 0 N–H and O–H groups in total. The molecule has 0 atom stereocenters. The summed E-state index contributed by atoms with van der Waals surface area (Å²) in [5.74, 6) is -4.95. The lowest BCUT2D eigenvalue weighted by Gasteiger charge is -2.21. The third-order valence-corrected chi connectivity index (χ3v) is 9.75. The summed E-state index contributed by atoms with van der Waals surface area (Å²) in [7, 11) is 0. The number of unbranched alkanes of at least 4 members (excludes halogenated alkanes) is 2. The second-order valence-corrected chi connectivity index (χ2v) is 16.1. The van der Waals surface area contributed by atoms with E-state index in [0.29, 0.717) is 47.5 Å². The Balaban J connectivity index is 2.56. The van der Waals surface area contributed by atoms with Crippen LogP contribution in [0.5, 0.6) is 11.5 Å². The van der Waals surface area contributed by atoms with Crippen LogP contribution in [0.1, 0.15) is 102 Å². The molecule has 2 rings (SSSR count). The molecule has 0 heterocycles. The first-order valence-corrected chi connectivity index (χ1v) is 17.2. The highest BCUT2D eigenvalue weighted by Crippen LogP contribution is 2.42. The van der Waals surface area contributed by atoms with E-state index in [9.17, 15) is 26.3 Å². The van der Waals surface area contributed by atoms with Crippen molar-refractivity contribution in [2.75, 3.05) is 11.5 Å². The van der Waals surface area contributed by atoms with Gasteiger partial charge in [0.25, 0.3) is 0 Å². The van der Waals surface area contributed by atoms with E-state index in [2.05, 4.69) is 41.5 Å². The van der Waals surface area contributed by atoms with Crippen molar-refractivity contribution in [3.05, 3.63) is 46.0 Å². The number of alkyl halides is 6. The molecule has 1 nitrogen and oxygen atoms in total. The van der Waals surface area contributed by atoms with Crippen LogP contribution in [0.2, 0.25) is 0 Å². The fraction of sp³-hybridized carbons (Fsp3) is 0.647. The van der Waals surface area contributed by atoms with Gasteiger partial charge >= 0.3 is 12.4 Å². The quantitative estimate of drug-likeness (QED) is 0.111. The largest absolute Gasteiger partial charge is 0.451 e. The molecule has 2 aromatic rings. The van der Waals surface area contributed by atoms with Crippen LogP contribution in [0.15, 0.2) is 21.9 Å². The smallest absolute Gasteiger partial charge is 0.398 e. The number of hydrogen-bond donors (Lipinski definition) is 0. The first-order valence-electron chi connectivity index (χ1n) is 15.2. The predicted molar refractivity (Wildman–Crippen MR) is 170 cm³/mol. The maximum Gasteiger partial charge on any atom is 0.398 e. The molecule has 45 heavy (non-hydrogen) atoms. The molecule has 0 fully saturated rings. The third-order valence-electron chi connectivity index (χ3n) is 7.34. The molecule has 0 saturated carbocycles. The zero-order valence-electron chi connectivity index (χ0n) is 27.5. The van der Waals surface area contributed by atoms with Crippen molar-refractivity contribution in [2.24, 2.45) is 10.8 Å². The molecule has 2 aromatic carbocycles. The average molecular weight is 687 g/mol. The second kappa shape index (κ2) is 16.0. The van der Waals surface area contributed by atoms with Crippen molar-refractivity contribution in [3.63, 3.8) is 0 Å². The van der Waals surface area contributed by atoms with Crippen LogP contribution >= 0.6 is 23.5 Å². The van der Waals surface area contributed by atoms with Crippen molar-refractivity contribution < 1.29 is 39.9 Å². The first kappa shape index (κ1) is 39.6. The van der Waals surface area contributed by atoms with E-state index in [1.807, 2.05) is 0 Å². The zero-order valence-corrected chi connectivity index (χ0v) is 29.1. The molecule has 256 valence electrons. The molecule has 11 heteroatoms. The second-order valence-electron chi connectivity index (χ2n) is 14.0. The van der Waals surface area contributed by atoms with Crippen molar-refractivity contribution in [2.45, 2.75) is 129 Å². The van der Waals surface area contributed by atoms with E-state index in [-0.39, 0.29) is 44.6 Å². The van der Waals surface area contributed by atoms with Gasteiger partial charge in [0, 0.05) is 9.79 Å². The first-order chi connectivity index (χ1) is 20.5. The van der Waals surface area contributed by atoms with Crippen molar-refractivity contribution in [1.29, 1.82) is 0 Å². The van der Waals surface area contributed by atoms with Crippen LogP contribution in [0, 0.1) is 36.3 Å². The fourth-order valence-corrected chi connectivity index (χ4v) is 6.60. The minimum absolute atomic E-state index is 0.0571. The van der Waals surface area contributed by atoms with Crippen LogP contribution in [0.25, 0.3) is 0 Å². The molecule has 0 saturated heterocycles. The van der Waals surface area contributed by atoms with E-state index >= 15 is 8.78 Å². The van der Waals surface area contributed by atoms with Gasteiger partial charge in [-0.1, -0.05) is 54.4 Å². The lowest BCUT2D eigenvalue weighted by molar-refractivity contribution is -0.106. The SMILES string of the molecule is Cc1c(SCC(F)(F)F)cc(Oc2cc(SCC(F)(F)F)c(C)c(CCCCC(C)(C)C)c2F)c(F)c1CCCCC(C)(C)C. The van der Waals surface area contributed by atoms with Gasteiger partial charge in [0.2, 0.25) is 0 Å². The Morgan fingerprint density at radius 3 is 1.20 bits per heavy atom. The molecule has 0 radical (unpaired) electrons. The number of benzene rings is 2. The Hall–Kier alpha value is -1.62. The van der Waals surface area contributed by atoms with Gasteiger partial charge in [-0.25, -0.2) is 8.78 Å². The number of halogens is 8. The zero-order chi connectivity index (χ0) is 34.4. The summed E-state index contributed by atoms with van der Waals surface area (Å²) < 4.78 is 117. The molecule has 0 unspecified atom stereocenters. The normalized spacial score (nSPS) is 13.1. The van der Waals surface area contributed by atoms with E-state index in [1.165, 1.54) is 0 Å². The molecular weight excluding hydrogens is 640 g/mol. The van der Waals surface area contributed by atoms with Crippen LogP contribution in [0.3, 0.4) is 0 Å². The van der Waals surface area contributed by atoms with Crippen LogP contribution in [-0.4, -0.2) is 23.9 Å². The van der Waals surface area contributed by atoms with E-state index < -0.39 is 47.0 Å². The van der Waals surface area contributed by atoms with Gasteiger partial charge in [-0.05, 0) is 97.6 Å². The summed E-state index contributed by atoms with van der Waals surface area (Å²) in [6.07, 6.45) is -4.04. The predicted octanol–water partition coefficient (Wildman–Crippen LogP) is 13.2. The highest BCUT2D eigenvalue weighted by Gasteiger charge is 2.30. The molecule has 0 aliphatic carbocycles. The van der Waals surface area contributed by atoms with Gasteiger partial charge in [0.05, 0.1) is 11.5 Å². The molecule has 0 aliphatic rings. The van der Waals surface area contributed by atoms with E-state index in [1.54, 1.807) is 13.8 Å². The van der Waals surface area contributed by atoms with E-state index in [0.717, 1.165) is 37.8 Å². The molecule has 0 spiro atoms. The average Bonchev–Trinajstić information content (AvgIpc) is 2.87. The highest BCUT2D eigenvalue weighted by atomic mass is 32.2. The Kier molecular flexibility index (Phi) is 14.1. The summed E-state index contributed by atoms with van der Waals surface area (Å²) in [6, 6.07) is 2.26. The van der Waals surface area contributed by atoms with Gasteiger partial charge in [0.15, 0.2) is 23.1 Å². The van der Waals surface area contributed by atoms with Gasteiger partial charge < -0.3 is 4.74 Å². The number of ether oxygens (including phenoxy) is 1. The minimum atomic E-state index is -4.48. The van der Waals surface area contributed by atoms with Gasteiger partial charge in [0.1, 0.15) is 0 Å². The summed E-state index contributed by atoms with van der Waals surface area (Å²) in [4.78, 5) is 0.298. The van der Waals surface area contributed by atoms with Gasteiger partial charge in [-0.2, -0.15) is 26.3 Å². The van der Waals surface area contributed by atoms with Gasteiger partial charge in [-0.15, -0.1) is 23.5 Å². The van der Waals surface area contributed by atoms with Crippen molar-refractivity contribution in [3.8, 4) is 11.5 Å². The Morgan fingerprint density at radius 1 is 0.578 bits per heavy atom. The Bertz CT molecular complexity index is 1170. The summed E-state index contributed by atoms with van der Waals surface area (Å²) in [6.45, 7) is 15.6. The molecular formula is C34H46F8OS2. The maximum absolute atomic E-state index is 16.0. The minimum Gasteiger partial charge on any atom is -0.451 e. The highest BCUT2D eigenvalue weighted by molar-refractivity contribution is 7.99. The standard InChI is InChI=1S/C34H46F8OS2/c1-21-23(13-9-11-15-31(3,4)5)29(35)25(17-27(21)44-19-33(37,38)39)43-26-18-28(45-20-34(40,41)42)22(2)24(30(26)36)14-10-12-16-32(6,7)8/h17-18H,9-16,19-20H2,1-8H3. The molecule has 0 bridgehead atoms. The topological polar surface area (TPSA) is 9.23 Å². The number of hydrogen-bond acceptors (Lipinski definition) is 3. The van der Waals surface area contributed by atoms with Crippen molar-refractivity contribution >= 4 is 23.5 Å². The summed E-state index contributed by atoms with van der Waals surface area (Å²) in [5.41, 5.74) is 1.20. The lowest BCUT2D eigenvalue weighted by Crippen LogP contribution is -2.12. The number of rotatable bonds is 14. The monoisotopic (exact) mass is 686 g/mol. The van der Waals surface area contributed by atoms with E-state index in [4.69, 9.17) is 4.74 Å². The van der Waals surface area contributed by atoms with Gasteiger partial charge in [-0.3, -0.25) is 0 Å². The molecule has 0 amide bonds. The van der Waals surface area contributed by atoms with Crippen LogP contribution < -0.4 is 4.74 Å². The molecule has 0 aromatic heterocycles. The Morgan fingerprint density at radius 2 is 0.911 bits per heavy atom. The Labute approximate surface area is 271 Å². The summed E-state index contributed by atoms with van der Waals surface area (Å²) in [5, 5.41) is 0. The van der Waals surface area contributed by atoms with Crippen molar-refractivity contribution in [1.82, 2.24) is 0 Å². The summed E-state index contributed by atoms with van der Waals surface area (Å²) >= 11 is 0.980.